The lowest BCUT2D eigenvalue weighted by Gasteiger charge is -2.26. The summed E-state index contributed by atoms with van der Waals surface area (Å²) in [7, 11) is 0. The molecule has 0 aromatic heterocycles. The molecule has 13 heavy (non-hydrogen) atoms. The maximum absolute atomic E-state index is 3.53. The van der Waals surface area contributed by atoms with Crippen molar-refractivity contribution in [1.29, 1.82) is 0 Å². The molecule has 2 unspecified atom stereocenters. The Labute approximate surface area is 78.3 Å². The zero-order valence-corrected chi connectivity index (χ0v) is 7.59. The number of anilines is 1. The van der Waals surface area contributed by atoms with Gasteiger partial charge < -0.3 is 5.32 Å². The number of nitrogens with one attached hydrogen (secondary N) is 2. The number of hydrogen-bond acceptors (Lipinski definition) is 2. The van der Waals surface area contributed by atoms with Crippen LogP contribution in [0.4, 0.5) is 5.69 Å². The van der Waals surface area contributed by atoms with Crippen molar-refractivity contribution in [2.24, 2.45) is 0 Å². The molecule has 68 valence electrons. The maximum Gasteiger partial charge on any atom is 0.0838 e. The van der Waals surface area contributed by atoms with E-state index in [2.05, 4.69) is 34.9 Å². The largest absolute Gasteiger partial charge is 0.369 e. The van der Waals surface area contributed by atoms with Crippen molar-refractivity contribution in [1.82, 2.24) is 5.32 Å². The zero-order valence-electron chi connectivity index (χ0n) is 7.59. The Morgan fingerprint density at radius 1 is 1.23 bits per heavy atom. The number of rotatable bonds is 0. The molecule has 0 amide bonds. The van der Waals surface area contributed by atoms with Crippen LogP contribution in [-0.4, -0.2) is 12.7 Å². The van der Waals surface area contributed by atoms with E-state index in [0.717, 1.165) is 6.54 Å². The van der Waals surface area contributed by atoms with Gasteiger partial charge in [0.2, 0.25) is 0 Å². The molecule has 1 aromatic carbocycles. The first-order valence-electron chi connectivity index (χ1n) is 5.04. The molecule has 2 heterocycles. The van der Waals surface area contributed by atoms with Crippen LogP contribution < -0.4 is 10.6 Å². The number of para-hydroxylation sites is 1. The molecule has 2 nitrogen and oxygen atoms in total. The van der Waals surface area contributed by atoms with Gasteiger partial charge in [0.15, 0.2) is 0 Å². The Hall–Kier alpha value is -1.02. The van der Waals surface area contributed by atoms with Crippen molar-refractivity contribution in [3.63, 3.8) is 0 Å². The first kappa shape index (κ1) is 7.39. The van der Waals surface area contributed by atoms with Crippen LogP contribution in [0.15, 0.2) is 24.3 Å². The Morgan fingerprint density at radius 2 is 2.15 bits per heavy atom. The highest BCUT2D eigenvalue weighted by Gasteiger charge is 2.32. The molecular weight excluding hydrogens is 160 g/mol. The lowest BCUT2D eigenvalue weighted by atomic mass is 9.91. The van der Waals surface area contributed by atoms with Crippen LogP contribution in [0.2, 0.25) is 0 Å². The maximum atomic E-state index is 3.53. The van der Waals surface area contributed by atoms with E-state index in [4.69, 9.17) is 0 Å². The second kappa shape index (κ2) is 2.74. The average Bonchev–Trinajstić information content (AvgIpc) is 2.56. The van der Waals surface area contributed by atoms with E-state index in [1.165, 1.54) is 24.1 Å². The number of fused-ring (bicyclic) bond motifs is 3. The highest BCUT2D eigenvalue weighted by molar-refractivity contribution is 5.59. The minimum Gasteiger partial charge on any atom is -0.369 e. The molecular formula is C11H14N2. The summed E-state index contributed by atoms with van der Waals surface area (Å²) in [6.07, 6.45) is 3.12. The summed E-state index contributed by atoms with van der Waals surface area (Å²) in [6.45, 7) is 1.15. The van der Waals surface area contributed by atoms with Crippen LogP contribution in [0.5, 0.6) is 0 Å². The van der Waals surface area contributed by atoms with Crippen LogP contribution in [0, 0.1) is 0 Å². The van der Waals surface area contributed by atoms with Gasteiger partial charge in [0.05, 0.1) is 6.17 Å². The average molecular weight is 174 g/mol. The summed E-state index contributed by atoms with van der Waals surface area (Å²) >= 11 is 0. The van der Waals surface area contributed by atoms with Gasteiger partial charge in [0, 0.05) is 11.6 Å². The summed E-state index contributed by atoms with van der Waals surface area (Å²) in [5.74, 6) is 0.699. The second-order valence-electron chi connectivity index (χ2n) is 3.91. The van der Waals surface area contributed by atoms with Crippen LogP contribution in [0.25, 0.3) is 0 Å². The molecule has 1 saturated heterocycles. The molecule has 2 aliphatic rings. The Bertz CT molecular complexity index is 322. The van der Waals surface area contributed by atoms with E-state index < -0.39 is 0 Å². The van der Waals surface area contributed by atoms with Crippen molar-refractivity contribution in [2.45, 2.75) is 24.9 Å². The molecule has 1 aromatic rings. The fourth-order valence-corrected chi connectivity index (χ4v) is 2.49. The minimum atomic E-state index is 0.492. The van der Waals surface area contributed by atoms with Crippen molar-refractivity contribution in [3.05, 3.63) is 29.8 Å². The van der Waals surface area contributed by atoms with Crippen molar-refractivity contribution < 1.29 is 0 Å². The van der Waals surface area contributed by atoms with Gasteiger partial charge in [-0.25, -0.2) is 0 Å². The monoisotopic (exact) mass is 174 g/mol. The Balaban J connectivity index is 2.01. The fourth-order valence-electron chi connectivity index (χ4n) is 2.49. The zero-order chi connectivity index (χ0) is 8.67. The summed E-state index contributed by atoms with van der Waals surface area (Å²) in [5, 5.41) is 7.04. The lowest BCUT2D eigenvalue weighted by Crippen LogP contribution is -2.41. The van der Waals surface area contributed by atoms with E-state index >= 15 is 0 Å². The Morgan fingerprint density at radius 3 is 3.15 bits per heavy atom. The molecule has 3 rings (SSSR count). The molecule has 2 atom stereocenters. The number of hydrogen-bond donors (Lipinski definition) is 2. The van der Waals surface area contributed by atoms with Crippen molar-refractivity contribution in [3.8, 4) is 0 Å². The van der Waals surface area contributed by atoms with Crippen LogP contribution in [0.1, 0.15) is 24.3 Å². The van der Waals surface area contributed by atoms with E-state index in [1.54, 1.807) is 0 Å². The minimum absolute atomic E-state index is 0.492. The molecule has 2 N–H and O–H groups in total. The van der Waals surface area contributed by atoms with E-state index in [1.807, 2.05) is 0 Å². The SMILES string of the molecule is c1ccc2c(c1)NC1NCCCC21. The van der Waals surface area contributed by atoms with Crippen LogP contribution in [-0.2, 0) is 0 Å². The molecule has 0 spiro atoms. The van der Waals surface area contributed by atoms with Gasteiger partial charge >= 0.3 is 0 Å². The highest BCUT2D eigenvalue weighted by Crippen LogP contribution is 2.38. The second-order valence-corrected chi connectivity index (χ2v) is 3.91. The first-order chi connectivity index (χ1) is 6.45. The summed E-state index contributed by atoms with van der Waals surface area (Å²) in [5.41, 5.74) is 2.83. The van der Waals surface area contributed by atoms with E-state index in [9.17, 15) is 0 Å². The third kappa shape index (κ3) is 1.05. The number of benzene rings is 1. The Kier molecular flexibility index (Phi) is 1.56. The van der Waals surface area contributed by atoms with E-state index in [-0.39, 0.29) is 0 Å². The fraction of sp³-hybridized carbons (Fsp3) is 0.455. The van der Waals surface area contributed by atoms with Gasteiger partial charge in [-0.15, -0.1) is 0 Å². The quantitative estimate of drug-likeness (QED) is 0.627. The molecule has 2 aliphatic heterocycles. The molecule has 1 fully saturated rings. The molecule has 0 saturated carbocycles. The normalized spacial score (nSPS) is 30.5. The first-order valence-corrected chi connectivity index (χ1v) is 5.04. The van der Waals surface area contributed by atoms with Gasteiger partial charge in [-0.3, -0.25) is 5.32 Å². The van der Waals surface area contributed by atoms with Gasteiger partial charge in [-0.1, -0.05) is 18.2 Å². The van der Waals surface area contributed by atoms with Crippen LogP contribution >= 0.6 is 0 Å². The molecule has 2 heteroatoms. The van der Waals surface area contributed by atoms with Crippen molar-refractivity contribution in [2.75, 3.05) is 11.9 Å². The smallest absolute Gasteiger partial charge is 0.0838 e. The van der Waals surface area contributed by atoms with Crippen molar-refractivity contribution >= 4 is 5.69 Å². The third-order valence-electron chi connectivity index (χ3n) is 3.13. The standard InChI is InChI=1S/C11H14N2/c1-2-6-10-8(4-1)9-5-3-7-12-11(9)13-10/h1-2,4,6,9,11-13H,3,5,7H2. The molecule has 0 bridgehead atoms. The highest BCUT2D eigenvalue weighted by atomic mass is 15.2. The van der Waals surface area contributed by atoms with Gasteiger partial charge in [0.25, 0.3) is 0 Å². The van der Waals surface area contributed by atoms with Gasteiger partial charge in [-0.2, -0.15) is 0 Å². The summed E-state index contributed by atoms with van der Waals surface area (Å²) in [6, 6.07) is 8.66. The third-order valence-corrected chi connectivity index (χ3v) is 3.13. The predicted molar refractivity (Wildman–Crippen MR) is 53.8 cm³/mol. The lowest BCUT2D eigenvalue weighted by molar-refractivity contribution is 0.396. The van der Waals surface area contributed by atoms with Gasteiger partial charge in [-0.05, 0) is 31.0 Å². The molecule has 0 radical (unpaired) electrons. The summed E-state index contributed by atoms with van der Waals surface area (Å²) in [4.78, 5) is 0. The summed E-state index contributed by atoms with van der Waals surface area (Å²) < 4.78 is 0. The molecule has 0 aliphatic carbocycles. The predicted octanol–water partition coefficient (Wildman–Crippen LogP) is 1.91. The number of piperidine rings is 1. The topological polar surface area (TPSA) is 24.1 Å². The van der Waals surface area contributed by atoms with Crippen LogP contribution in [0.3, 0.4) is 0 Å². The van der Waals surface area contributed by atoms with Gasteiger partial charge in [0.1, 0.15) is 0 Å². The van der Waals surface area contributed by atoms with E-state index in [0.29, 0.717) is 12.1 Å².